The van der Waals surface area contributed by atoms with Gasteiger partial charge in [-0.2, -0.15) is 0 Å². The molecule has 0 unspecified atom stereocenters. The van der Waals surface area contributed by atoms with E-state index >= 15 is 0 Å². The van der Waals surface area contributed by atoms with E-state index in [4.69, 9.17) is 5.73 Å². The number of aromatic nitrogens is 2. The third-order valence-corrected chi connectivity index (χ3v) is 1.82. The molecule has 0 bridgehead atoms. The second-order valence-corrected chi connectivity index (χ2v) is 2.52. The first kappa shape index (κ1) is 13.5. The Morgan fingerprint density at radius 2 is 1.60 bits per heavy atom. The summed E-state index contributed by atoms with van der Waals surface area (Å²) in [5, 5.41) is 0. The van der Waals surface area contributed by atoms with Gasteiger partial charge < -0.3 is 10.3 Å². The summed E-state index contributed by atoms with van der Waals surface area (Å²) in [7, 11) is 1.91. The molecule has 1 aromatic carbocycles. The van der Waals surface area contributed by atoms with Crippen molar-refractivity contribution in [2.45, 2.75) is 27.7 Å². The Labute approximate surface area is 91.9 Å². The van der Waals surface area contributed by atoms with Crippen LogP contribution in [0.4, 0.5) is 5.95 Å². The van der Waals surface area contributed by atoms with Gasteiger partial charge in [0.1, 0.15) is 0 Å². The Hall–Kier alpha value is -1.51. The monoisotopic (exact) mass is 207 g/mol. The van der Waals surface area contributed by atoms with Crippen molar-refractivity contribution < 1.29 is 0 Å². The first-order valence-corrected chi connectivity index (χ1v) is 5.46. The molecule has 0 amide bonds. The Kier molecular flexibility index (Phi) is 6.18. The van der Waals surface area contributed by atoms with Gasteiger partial charge in [-0.05, 0) is 12.1 Å². The second-order valence-electron chi connectivity index (χ2n) is 2.52. The Balaban J connectivity index is 0.000000442. The number of nitrogen functional groups attached to an aromatic ring is 1. The van der Waals surface area contributed by atoms with Crippen LogP contribution in [-0.2, 0) is 7.05 Å². The van der Waals surface area contributed by atoms with E-state index in [-0.39, 0.29) is 0 Å². The lowest BCUT2D eigenvalue weighted by molar-refractivity contribution is 0.965. The lowest BCUT2D eigenvalue weighted by Gasteiger charge is -1.93. The second kappa shape index (κ2) is 6.87. The van der Waals surface area contributed by atoms with Crippen LogP contribution in [0, 0.1) is 0 Å². The lowest BCUT2D eigenvalue weighted by Crippen LogP contribution is -1.95. The summed E-state index contributed by atoms with van der Waals surface area (Å²) >= 11 is 0. The molecule has 3 heteroatoms. The average Bonchev–Trinajstić information content (AvgIpc) is 2.61. The van der Waals surface area contributed by atoms with Crippen LogP contribution < -0.4 is 5.73 Å². The zero-order chi connectivity index (χ0) is 11.8. The van der Waals surface area contributed by atoms with Crippen LogP contribution in [0.3, 0.4) is 0 Å². The number of para-hydroxylation sites is 2. The van der Waals surface area contributed by atoms with Crippen molar-refractivity contribution in [2.24, 2.45) is 7.05 Å². The van der Waals surface area contributed by atoms with Crippen molar-refractivity contribution >= 4 is 17.0 Å². The van der Waals surface area contributed by atoms with Crippen LogP contribution in [-0.4, -0.2) is 9.55 Å². The summed E-state index contributed by atoms with van der Waals surface area (Å²) in [5.74, 6) is 0.561. The third kappa shape index (κ3) is 2.98. The molecule has 2 N–H and O–H groups in total. The summed E-state index contributed by atoms with van der Waals surface area (Å²) < 4.78 is 1.87. The van der Waals surface area contributed by atoms with Crippen LogP contribution >= 0.6 is 0 Å². The highest BCUT2D eigenvalue weighted by Crippen LogP contribution is 2.14. The SMILES string of the molecule is CC.CC.Cn1c(N)nc2ccccc21. The fourth-order valence-electron chi connectivity index (χ4n) is 1.16. The molecule has 0 saturated carbocycles. The number of nitrogens with zero attached hydrogens (tertiary/aromatic N) is 2. The maximum Gasteiger partial charge on any atom is 0.200 e. The Bertz CT molecular complexity index is 391. The Morgan fingerprint density at radius 3 is 2.13 bits per heavy atom. The molecule has 0 aliphatic carbocycles. The number of hydrogen-bond donors (Lipinski definition) is 1. The normalized spacial score (nSPS) is 8.60. The minimum absolute atomic E-state index is 0.561. The van der Waals surface area contributed by atoms with Crippen LogP contribution in [0.15, 0.2) is 24.3 Å². The van der Waals surface area contributed by atoms with Gasteiger partial charge in [0, 0.05) is 7.05 Å². The lowest BCUT2D eigenvalue weighted by atomic mass is 10.3. The number of benzene rings is 1. The van der Waals surface area contributed by atoms with E-state index in [9.17, 15) is 0 Å². The molecule has 84 valence electrons. The van der Waals surface area contributed by atoms with E-state index in [1.54, 1.807) is 0 Å². The molecule has 2 aromatic rings. The fraction of sp³-hybridized carbons (Fsp3) is 0.417. The number of aryl methyl sites for hydroxylation is 1. The molecule has 0 saturated heterocycles. The zero-order valence-corrected chi connectivity index (χ0v) is 10.3. The number of rotatable bonds is 0. The molecular weight excluding hydrogens is 186 g/mol. The summed E-state index contributed by atoms with van der Waals surface area (Å²) in [4.78, 5) is 4.15. The van der Waals surface area contributed by atoms with Gasteiger partial charge in [0.15, 0.2) is 0 Å². The average molecular weight is 207 g/mol. The third-order valence-electron chi connectivity index (χ3n) is 1.82. The largest absolute Gasteiger partial charge is 0.369 e. The van der Waals surface area contributed by atoms with Gasteiger partial charge in [0.2, 0.25) is 5.95 Å². The summed E-state index contributed by atoms with van der Waals surface area (Å²) in [6, 6.07) is 7.88. The van der Waals surface area contributed by atoms with Crippen LogP contribution in [0.1, 0.15) is 27.7 Å². The molecular formula is C12H21N3. The molecule has 0 atom stereocenters. The van der Waals surface area contributed by atoms with E-state index < -0.39 is 0 Å². The predicted octanol–water partition coefficient (Wildman–Crippen LogP) is 3.21. The van der Waals surface area contributed by atoms with E-state index in [2.05, 4.69) is 4.98 Å². The van der Waals surface area contributed by atoms with E-state index in [0.29, 0.717) is 5.95 Å². The highest BCUT2D eigenvalue weighted by atomic mass is 15.1. The summed E-state index contributed by atoms with van der Waals surface area (Å²) in [6.45, 7) is 8.00. The van der Waals surface area contributed by atoms with Crippen molar-refractivity contribution in [3.05, 3.63) is 24.3 Å². The van der Waals surface area contributed by atoms with Gasteiger partial charge in [-0.15, -0.1) is 0 Å². The van der Waals surface area contributed by atoms with Gasteiger partial charge in [-0.25, -0.2) is 4.98 Å². The van der Waals surface area contributed by atoms with Crippen LogP contribution in [0.25, 0.3) is 11.0 Å². The topological polar surface area (TPSA) is 43.8 Å². The van der Waals surface area contributed by atoms with Gasteiger partial charge in [0.25, 0.3) is 0 Å². The highest BCUT2D eigenvalue weighted by molar-refractivity contribution is 5.77. The number of hydrogen-bond acceptors (Lipinski definition) is 2. The quantitative estimate of drug-likeness (QED) is 0.721. The van der Waals surface area contributed by atoms with E-state index in [1.807, 2.05) is 63.6 Å². The molecule has 3 nitrogen and oxygen atoms in total. The summed E-state index contributed by atoms with van der Waals surface area (Å²) in [6.07, 6.45) is 0. The first-order valence-electron chi connectivity index (χ1n) is 5.46. The molecule has 1 heterocycles. The molecule has 0 fully saturated rings. The predicted molar refractivity (Wildman–Crippen MR) is 67.8 cm³/mol. The van der Waals surface area contributed by atoms with Crippen LogP contribution in [0.5, 0.6) is 0 Å². The molecule has 15 heavy (non-hydrogen) atoms. The van der Waals surface area contributed by atoms with Crippen molar-refractivity contribution in [1.29, 1.82) is 0 Å². The number of nitrogens with two attached hydrogens (primary N) is 1. The van der Waals surface area contributed by atoms with Crippen molar-refractivity contribution in [1.82, 2.24) is 9.55 Å². The molecule has 0 aliphatic rings. The first-order chi connectivity index (χ1) is 7.29. The number of fused-ring (bicyclic) bond motifs is 1. The van der Waals surface area contributed by atoms with Crippen LogP contribution in [0.2, 0.25) is 0 Å². The molecule has 1 aromatic heterocycles. The van der Waals surface area contributed by atoms with Crippen molar-refractivity contribution in [3.63, 3.8) is 0 Å². The Morgan fingerprint density at radius 1 is 1.07 bits per heavy atom. The summed E-state index contributed by atoms with van der Waals surface area (Å²) in [5.41, 5.74) is 7.63. The van der Waals surface area contributed by atoms with E-state index in [0.717, 1.165) is 11.0 Å². The highest BCUT2D eigenvalue weighted by Gasteiger charge is 2.00. The zero-order valence-electron chi connectivity index (χ0n) is 10.3. The maximum atomic E-state index is 5.60. The van der Waals surface area contributed by atoms with E-state index in [1.165, 1.54) is 0 Å². The minimum Gasteiger partial charge on any atom is -0.369 e. The molecule has 0 spiro atoms. The molecule has 0 radical (unpaired) electrons. The number of imidazole rings is 1. The fourth-order valence-corrected chi connectivity index (χ4v) is 1.16. The number of anilines is 1. The minimum atomic E-state index is 0.561. The standard InChI is InChI=1S/C8H9N3.2C2H6/c1-11-7-5-3-2-4-6(7)10-8(11)9;2*1-2/h2-5H,1H3,(H2,9,10);2*1-2H3. The van der Waals surface area contributed by atoms with Gasteiger partial charge in [-0.1, -0.05) is 39.8 Å². The van der Waals surface area contributed by atoms with Crippen molar-refractivity contribution in [2.75, 3.05) is 5.73 Å². The molecule has 2 rings (SSSR count). The smallest absolute Gasteiger partial charge is 0.200 e. The molecule has 0 aliphatic heterocycles. The van der Waals surface area contributed by atoms with Crippen molar-refractivity contribution in [3.8, 4) is 0 Å². The maximum absolute atomic E-state index is 5.60. The van der Waals surface area contributed by atoms with Gasteiger partial charge in [-0.3, -0.25) is 0 Å². The van der Waals surface area contributed by atoms with Gasteiger partial charge in [0.05, 0.1) is 11.0 Å². The van der Waals surface area contributed by atoms with Gasteiger partial charge >= 0.3 is 0 Å².